The number of rotatable bonds is 10. The lowest BCUT2D eigenvalue weighted by atomic mass is 10.1. The van der Waals surface area contributed by atoms with Crippen LogP contribution in [0.2, 0.25) is 0 Å². The summed E-state index contributed by atoms with van der Waals surface area (Å²) < 4.78 is 26.0. The first kappa shape index (κ1) is 25.1. The number of likely N-dealkylation sites (N-methyl/N-ethyl adjacent to an activating group) is 1. The smallest absolute Gasteiger partial charge is 0.244 e. The van der Waals surface area contributed by atoms with E-state index in [4.69, 9.17) is 0 Å². The molecule has 0 aromatic heterocycles. The van der Waals surface area contributed by atoms with E-state index in [1.807, 2.05) is 30.3 Å². The van der Waals surface area contributed by atoms with E-state index in [2.05, 4.69) is 5.32 Å². The van der Waals surface area contributed by atoms with Crippen molar-refractivity contribution in [2.24, 2.45) is 0 Å². The lowest BCUT2D eigenvalue weighted by Gasteiger charge is -2.31. The van der Waals surface area contributed by atoms with Gasteiger partial charge in [0.1, 0.15) is 12.6 Å². The zero-order chi connectivity index (χ0) is 23.9. The van der Waals surface area contributed by atoms with E-state index < -0.39 is 28.5 Å². The quantitative estimate of drug-likeness (QED) is 0.549. The molecule has 0 aliphatic heterocycles. The maximum Gasteiger partial charge on any atom is 0.244 e. The zero-order valence-electron chi connectivity index (χ0n) is 18.7. The summed E-state index contributed by atoms with van der Waals surface area (Å²) >= 11 is 0. The van der Waals surface area contributed by atoms with Crippen LogP contribution in [-0.2, 0) is 26.2 Å². The Hall–Kier alpha value is -3.20. The van der Waals surface area contributed by atoms with Crippen molar-refractivity contribution < 1.29 is 22.8 Å². The van der Waals surface area contributed by atoms with Crippen LogP contribution in [0.25, 0.3) is 0 Å². The average Bonchev–Trinajstić information content (AvgIpc) is 2.75. The van der Waals surface area contributed by atoms with Gasteiger partial charge in [0.2, 0.25) is 21.8 Å². The Labute approximate surface area is 189 Å². The first-order valence-corrected chi connectivity index (χ1v) is 12.1. The number of anilines is 1. The molecule has 1 atom stereocenters. The highest BCUT2D eigenvalue weighted by molar-refractivity contribution is 7.92. The second-order valence-electron chi connectivity index (χ2n) is 7.45. The van der Waals surface area contributed by atoms with Crippen molar-refractivity contribution in [3.05, 3.63) is 65.7 Å². The number of sulfonamides is 1. The molecule has 0 aliphatic rings. The van der Waals surface area contributed by atoms with Crippen molar-refractivity contribution in [3.8, 4) is 0 Å². The maximum atomic E-state index is 13.3. The predicted octanol–water partition coefficient (Wildman–Crippen LogP) is 2.21. The van der Waals surface area contributed by atoms with Gasteiger partial charge in [-0.15, -0.1) is 0 Å². The van der Waals surface area contributed by atoms with E-state index in [0.717, 1.165) is 16.1 Å². The number of carbonyl (C=O) groups excluding carboxylic acids is 3. The summed E-state index contributed by atoms with van der Waals surface area (Å²) in [6.07, 6.45) is 0.996. The molecule has 2 rings (SSSR count). The summed E-state index contributed by atoms with van der Waals surface area (Å²) in [4.78, 5) is 38.9. The summed E-state index contributed by atoms with van der Waals surface area (Å²) in [7, 11) is -3.84. The fourth-order valence-corrected chi connectivity index (χ4v) is 4.02. The van der Waals surface area contributed by atoms with Gasteiger partial charge in [-0.2, -0.15) is 0 Å². The van der Waals surface area contributed by atoms with Crippen LogP contribution < -0.4 is 9.62 Å². The number of nitrogens with one attached hydrogen (secondary N) is 1. The summed E-state index contributed by atoms with van der Waals surface area (Å²) in [5, 5.41) is 2.70. The summed E-state index contributed by atoms with van der Waals surface area (Å²) in [5.41, 5.74) is 1.35. The minimum Gasteiger partial charge on any atom is -0.355 e. The van der Waals surface area contributed by atoms with Crippen molar-refractivity contribution in [1.82, 2.24) is 10.2 Å². The molecule has 172 valence electrons. The summed E-state index contributed by atoms with van der Waals surface area (Å²) in [6, 6.07) is 14.4. The maximum absolute atomic E-state index is 13.3. The molecule has 8 nitrogen and oxygen atoms in total. The topological polar surface area (TPSA) is 104 Å². The van der Waals surface area contributed by atoms with Crippen LogP contribution >= 0.6 is 0 Å². The molecule has 0 radical (unpaired) electrons. The van der Waals surface area contributed by atoms with Crippen LogP contribution in [0.1, 0.15) is 36.7 Å². The number of Topliss-reactive ketones (excluding diaryl/α,β-unsaturated/α-hetero) is 1. The Kier molecular flexibility index (Phi) is 8.54. The van der Waals surface area contributed by atoms with E-state index >= 15 is 0 Å². The average molecular weight is 460 g/mol. The Morgan fingerprint density at radius 1 is 1.03 bits per heavy atom. The van der Waals surface area contributed by atoms with Crippen LogP contribution in [0.15, 0.2) is 54.6 Å². The second-order valence-corrected chi connectivity index (χ2v) is 9.36. The molecular formula is C23H29N3O5S. The van der Waals surface area contributed by atoms with Gasteiger partial charge in [-0.3, -0.25) is 18.7 Å². The third-order valence-electron chi connectivity index (χ3n) is 4.93. The number of ketones is 1. The van der Waals surface area contributed by atoms with Crippen molar-refractivity contribution >= 4 is 33.3 Å². The molecule has 0 fully saturated rings. The first-order valence-electron chi connectivity index (χ1n) is 10.2. The largest absolute Gasteiger partial charge is 0.355 e. The molecule has 0 saturated heterocycles. The van der Waals surface area contributed by atoms with E-state index in [1.165, 1.54) is 24.0 Å². The standard InChI is InChI=1S/C23H29N3O5S/c1-5-24-23(29)17(2)25(15-19-10-7-6-8-11-19)22(28)16-26(32(4,30)31)21-13-9-12-20(14-21)18(3)27/h6-14,17H,5,15-16H2,1-4H3,(H,24,29)/t17-/m1/s1. The van der Waals surface area contributed by atoms with Gasteiger partial charge in [0.05, 0.1) is 11.9 Å². The van der Waals surface area contributed by atoms with Crippen molar-refractivity contribution in [3.63, 3.8) is 0 Å². The number of hydrogen-bond donors (Lipinski definition) is 1. The van der Waals surface area contributed by atoms with Gasteiger partial charge >= 0.3 is 0 Å². The lowest BCUT2D eigenvalue weighted by molar-refractivity contribution is -0.139. The zero-order valence-corrected chi connectivity index (χ0v) is 19.6. The van der Waals surface area contributed by atoms with E-state index in [1.54, 1.807) is 26.0 Å². The fraction of sp³-hybridized carbons (Fsp3) is 0.348. The summed E-state index contributed by atoms with van der Waals surface area (Å²) in [5.74, 6) is -1.09. The monoisotopic (exact) mass is 459 g/mol. The van der Waals surface area contributed by atoms with Gasteiger partial charge in [-0.25, -0.2) is 8.42 Å². The number of amides is 2. The molecule has 9 heteroatoms. The SMILES string of the molecule is CCNC(=O)[C@@H](C)N(Cc1ccccc1)C(=O)CN(c1cccc(C(C)=O)c1)S(C)(=O)=O. The molecular weight excluding hydrogens is 430 g/mol. The Morgan fingerprint density at radius 3 is 2.25 bits per heavy atom. The van der Waals surface area contributed by atoms with Crippen LogP contribution in [0, 0.1) is 0 Å². The Bertz CT molecular complexity index is 1070. The molecule has 0 aliphatic carbocycles. The molecule has 32 heavy (non-hydrogen) atoms. The van der Waals surface area contributed by atoms with Gasteiger partial charge in [0.25, 0.3) is 0 Å². The van der Waals surface area contributed by atoms with Crippen LogP contribution in [-0.4, -0.2) is 56.3 Å². The van der Waals surface area contributed by atoms with E-state index in [9.17, 15) is 22.8 Å². The molecule has 0 unspecified atom stereocenters. The number of benzene rings is 2. The van der Waals surface area contributed by atoms with Gasteiger partial charge in [-0.05, 0) is 38.5 Å². The van der Waals surface area contributed by atoms with E-state index in [0.29, 0.717) is 12.1 Å². The molecule has 2 aromatic rings. The third kappa shape index (κ3) is 6.65. The minimum atomic E-state index is -3.84. The summed E-state index contributed by atoms with van der Waals surface area (Å²) in [6.45, 7) is 4.81. The third-order valence-corrected chi connectivity index (χ3v) is 6.07. The first-order chi connectivity index (χ1) is 15.0. The van der Waals surface area contributed by atoms with Gasteiger partial charge < -0.3 is 10.2 Å². The highest BCUT2D eigenvalue weighted by Gasteiger charge is 2.30. The van der Waals surface area contributed by atoms with Crippen LogP contribution in [0.5, 0.6) is 0 Å². The molecule has 2 amide bonds. The van der Waals surface area contributed by atoms with E-state index in [-0.39, 0.29) is 23.9 Å². The lowest BCUT2D eigenvalue weighted by Crippen LogP contribution is -2.51. The molecule has 0 heterocycles. The van der Waals surface area contributed by atoms with Crippen molar-refractivity contribution in [2.45, 2.75) is 33.4 Å². The molecule has 0 bridgehead atoms. The number of nitrogens with zero attached hydrogens (tertiary/aromatic N) is 2. The van der Waals surface area contributed by atoms with Crippen molar-refractivity contribution in [1.29, 1.82) is 0 Å². The number of hydrogen-bond acceptors (Lipinski definition) is 5. The Morgan fingerprint density at radius 2 is 1.69 bits per heavy atom. The van der Waals surface area contributed by atoms with Gasteiger partial charge in [0, 0.05) is 18.7 Å². The Balaban J connectivity index is 2.40. The highest BCUT2D eigenvalue weighted by atomic mass is 32.2. The molecule has 2 aromatic carbocycles. The highest BCUT2D eigenvalue weighted by Crippen LogP contribution is 2.21. The fourth-order valence-electron chi connectivity index (χ4n) is 3.18. The van der Waals surface area contributed by atoms with Crippen LogP contribution in [0.4, 0.5) is 5.69 Å². The normalized spacial score (nSPS) is 12.0. The molecule has 0 saturated carbocycles. The molecule has 0 spiro atoms. The van der Waals surface area contributed by atoms with Gasteiger partial charge in [0.15, 0.2) is 5.78 Å². The minimum absolute atomic E-state index is 0.142. The second kappa shape index (κ2) is 10.9. The predicted molar refractivity (Wildman–Crippen MR) is 124 cm³/mol. The van der Waals surface area contributed by atoms with Crippen molar-refractivity contribution in [2.75, 3.05) is 23.7 Å². The molecule has 1 N–H and O–H groups in total. The number of carbonyl (C=O) groups is 3. The van der Waals surface area contributed by atoms with Gasteiger partial charge in [-0.1, -0.05) is 42.5 Å². The van der Waals surface area contributed by atoms with Crippen LogP contribution in [0.3, 0.4) is 0 Å².